The Kier molecular flexibility index (Phi) is 13.7. The van der Waals surface area contributed by atoms with Crippen LogP contribution in [0.1, 0.15) is 36.4 Å². The Labute approximate surface area is 277 Å². The van der Waals surface area contributed by atoms with Gasteiger partial charge >= 0.3 is 18.4 Å². The molecule has 0 aliphatic heterocycles. The van der Waals surface area contributed by atoms with E-state index < -0.39 is 62.2 Å². The number of aryl methyl sites for hydroxylation is 2. The number of nitro benzene ring substituents is 2. The molecule has 2 aromatic carbocycles. The van der Waals surface area contributed by atoms with E-state index in [0.29, 0.717) is 36.4 Å². The van der Waals surface area contributed by atoms with Crippen LogP contribution >= 0.6 is 0 Å². The number of nitrogens with zero attached hydrogens (tertiary/aromatic N) is 6. The number of rotatable bonds is 8. The number of isocyanates is 1. The van der Waals surface area contributed by atoms with Crippen molar-refractivity contribution in [3.8, 4) is 23.3 Å². The van der Waals surface area contributed by atoms with Gasteiger partial charge in [-0.15, -0.1) is 10.2 Å². The zero-order valence-corrected chi connectivity index (χ0v) is 26.3. The average Bonchev–Trinajstić information content (AvgIpc) is 3.70. The fourth-order valence-electron chi connectivity index (χ4n) is 3.66. The van der Waals surface area contributed by atoms with Gasteiger partial charge in [-0.2, -0.15) is 31.0 Å². The summed E-state index contributed by atoms with van der Waals surface area (Å²) in [7, 11) is 2.76. The normalized spacial score (nSPS) is 10.8. The lowest BCUT2D eigenvalue weighted by atomic mass is 10.1. The quantitative estimate of drug-likeness (QED) is 0.0627. The van der Waals surface area contributed by atoms with E-state index >= 15 is 0 Å². The number of halogens is 6. The molecule has 2 aromatic heterocycles. The first kappa shape index (κ1) is 39.9. The number of aliphatic imine (C=N–C) groups is 1. The van der Waals surface area contributed by atoms with Gasteiger partial charge in [-0.1, -0.05) is 13.8 Å². The van der Waals surface area contributed by atoms with E-state index in [0.717, 1.165) is 28.9 Å². The zero-order chi connectivity index (χ0) is 37.8. The van der Waals surface area contributed by atoms with Gasteiger partial charge in [-0.3, -0.25) is 25.3 Å². The topological polar surface area (TPSA) is 210 Å². The first-order chi connectivity index (χ1) is 23.4. The number of ether oxygens (including phenoxy) is 2. The van der Waals surface area contributed by atoms with Crippen molar-refractivity contribution in [3.63, 3.8) is 0 Å². The number of hydrogen-bond acceptors (Lipinski definition) is 11. The summed E-state index contributed by atoms with van der Waals surface area (Å²) in [5.41, 5.74) is -2.80. The molecule has 268 valence electrons. The summed E-state index contributed by atoms with van der Waals surface area (Å²) in [4.78, 5) is 42.9. The van der Waals surface area contributed by atoms with Gasteiger partial charge in [0, 0.05) is 56.2 Å². The largest absolute Gasteiger partial charge is 0.437 e. The molecule has 1 amide bonds. The molecule has 4 aromatic rings. The third-order valence-electron chi connectivity index (χ3n) is 6.00. The molecule has 0 aliphatic carbocycles. The SMILES string of the molecule is CCc1cc(Oc2ccc([N+](=O)[O-])cc2C(F)(F)F)n[nH]1.CCc1cc(Oc2ccc([N+](=O)[O-])cc2C(F)(F)F)nn1C(=O)NC.CN=C=O. The van der Waals surface area contributed by atoms with Crippen LogP contribution in [0.3, 0.4) is 0 Å². The number of benzene rings is 2. The van der Waals surface area contributed by atoms with E-state index in [1.165, 1.54) is 32.3 Å². The lowest BCUT2D eigenvalue weighted by Crippen LogP contribution is -2.27. The predicted octanol–water partition coefficient (Wildman–Crippen LogP) is 7.00. The van der Waals surface area contributed by atoms with Gasteiger partial charge in [-0.05, 0) is 25.0 Å². The van der Waals surface area contributed by atoms with Gasteiger partial charge in [0.1, 0.15) is 22.6 Å². The van der Waals surface area contributed by atoms with Crippen molar-refractivity contribution < 1.29 is 55.3 Å². The second-order valence-electron chi connectivity index (χ2n) is 9.27. The summed E-state index contributed by atoms with van der Waals surface area (Å²) >= 11 is 0. The highest BCUT2D eigenvalue weighted by atomic mass is 19.4. The molecule has 0 fully saturated rings. The molecule has 0 unspecified atom stereocenters. The van der Waals surface area contributed by atoms with Crippen LogP contribution in [0.25, 0.3) is 0 Å². The van der Waals surface area contributed by atoms with Crippen LogP contribution in [0.15, 0.2) is 53.5 Å². The third kappa shape index (κ3) is 10.9. The Morgan fingerprint density at radius 2 is 1.38 bits per heavy atom. The fourth-order valence-corrected chi connectivity index (χ4v) is 3.66. The minimum absolute atomic E-state index is 0.0359. The van der Waals surface area contributed by atoms with Crippen LogP contribution in [0.4, 0.5) is 42.5 Å². The van der Waals surface area contributed by atoms with Gasteiger partial charge in [0.2, 0.25) is 17.8 Å². The van der Waals surface area contributed by atoms with Crippen molar-refractivity contribution in [2.45, 2.75) is 39.0 Å². The number of aromatic nitrogens is 4. The Hall–Kier alpha value is -6.31. The number of carbonyl (C=O) groups excluding carboxylic acids is 2. The van der Waals surface area contributed by atoms with Crippen LogP contribution in [0, 0.1) is 20.2 Å². The van der Waals surface area contributed by atoms with E-state index in [-0.39, 0.29) is 11.8 Å². The summed E-state index contributed by atoms with van der Waals surface area (Å²) in [6.07, 6.45) is -7.33. The standard InChI is InChI=1S/C14H13F3N4O4.C12H10F3N3O3.C2H3NO/c1-3-8-7-12(19-20(8)13(22)18-2)25-11-5-4-9(21(23)24)6-10(11)14(15,16)17;1-2-7-5-11(17-16-7)21-10-4-3-8(18(19)20)6-9(10)12(13,14)15;1-3-2-4/h4-7H,3H2,1-2H3,(H,18,22);3-6H,2H2,1H3,(H,16,17);1H3. The van der Waals surface area contributed by atoms with Gasteiger partial charge in [0.15, 0.2) is 0 Å². The summed E-state index contributed by atoms with van der Waals surface area (Å²) in [5.74, 6) is -1.46. The highest BCUT2D eigenvalue weighted by molar-refractivity contribution is 5.76. The van der Waals surface area contributed by atoms with Crippen molar-refractivity contribution in [1.29, 1.82) is 0 Å². The molecule has 16 nitrogen and oxygen atoms in total. The summed E-state index contributed by atoms with van der Waals surface area (Å²) in [6, 6.07) is 6.59. The summed E-state index contributed by atoms with van der Waals surface area (Å²) < 4.78 is 89.4. The fraction of sp³-hybridized carbons (Fsp3) is 0.286. The maximum Gasteiger partial charge on any atom is 0.420 e. The lowest BCUT2D eigenvalue weighted by Gasteiger charge is -2.12. The minimum Gasteiger partial charge on any atom is -0.437 e. The molecule has 22 heteroatoms. The molecular formula is C28H26F6N8O8. The second-order valence-corrected chi connectivity index (χ2v) is 9.27. The molecule has 0 aliphatic rings. The Morgan fingerprint density at radius 3 is 1.74 bits per heavy atom. The van der Waals surface area contributed by atoms with Crippen molar-refractivity contribution in [2.75, 3.05) is 14.1 Å². The van der Waals surface area contributed by atoms with E-state index in [9.17, 15) is 51.4 Å². The maximum atomic E-state index is 13.1. The molecular weight excluding hydrogens is 690 g/mol. The summed E-state index contributed by atoms with van der Waals surface area (Å²) in [5, 5.41) is 33.7. The number of H-pyrrole nitrogens is 1. The number of nitro groups is 2. The van der Waals surface area contributed by atoms with E-state index in [1.54, 1.807) is 6.92 Å². The van der Waals surface area contributed by atoms with Gasteiger partial charge < -0.3 is 14.8 Å². The molecule has 0 atom stereocenters. The summed E-state index contributed by atoms with van der Waals surface area (Å²) in [6.45, 7) is 3.57. The van der Waals surface area contributed by atoms with E-state index in [1.807, 2.05) is 6.92 Å². The maximum absolute atomic E-state index is 13.1. The number of non-ortho nitro benzene ring substituents is 2. The lowest BCUT2D eigenvalue weighted by molar-refractivity contribution is -0.385. The molecule has 0 saturated carbocycles. The van der Waals surface area contributed by atoms with Crippen molar-refractivity contribution in [3.05, 3.63) is 91.3 Å². The monoisotopic (exact) mass is 716 g/mol. The number of carbonyl (C=O) groups is 1. The Morgan fingerprint density at radius 1 is 0.900 bits per heavy atom. The highest BCUT2D eigenvalue weighted by Crippen LogP contribution is 2.41. The molecule has 0 bridgehead atoms. The van der Waals surface area contributed by atoms with E-state index in [2.05, 4.69) is 25.6 Å². The van der Waals surface area contributed by atoms with Gasteiger partial charge in [0.25, 0.3) is 11.4 Å². The molecule has 50 heavy (non-hydrogen) atoms. The minimum atomic E-state index is -4.86. The van der Waals surface area contributed by atoms with Crippen LogP contribution in [0.2, 0.25) is 0 Å². The number of nitrogens with one attached hydrogen (secondary N) is 2. The van der Waals surface area contributed by atoms with Crippen LogP contribution in [-0.2, 0) is 30.0 Å². The van der Waals surface area contributed by atoms with Crippen LogP contribution < -0.4 is 14.8 Å². The second kappa shape index (κ2) is 17.2. The molecule has 2 N–H and O–H groups in total. The van der Waals surface area contributed by atoms with Crippen molar-refractivity contribution >= 4 is 23.5 Å². The molecule has 2 heterocycles. The number of hydrogen-bond donors (Lipinski definition) is 2. The van der Waals surface area contributed by atoms with Crippen molar-refractivity contribution in [1.82, 2.24) is 25.3 Å². The Balaban J connectivity index is 0.000000317. The van der Waals surface area contributed by atoms with E-state index in [4.69, 9.17) is 14.3 Å². The number of amides is 1. The van der Waals surface area contributed by atoms with Crippen molar-refractivity contribution in [2.24, 2.45) is 4.99 Å². The third-order valence-corrected chi connectivity index (χ3v) is 6.00. The molecule has 0 radical (unpaired) electrons. The average molecular weight is 717 g/mol. The number of alkyl halides is 6. The molecule has 0 saturated heterocycles. The Bertz CT molecular complexity index is 1870. The predicted molar refractivity (Wildman–Crippen MR) is 160 cm³/mol. The zero-order valence-electron chi connectivity index (χ0n) is 26.3. The first-order valence-corrected chi connectivity index (χ1v) is 13.8. The van der Waals surface area contributed by atoms with Gasteiger partial charge in [-0.25, -0.2) is 14.6 Å². The van der Waals surface area contributed by atoms with Crippen LogP contribution in [-0.4, -0.2) is 56.0 Å². The van der Waals surface area contributed by atoms with Gasteiger partial charge in [0.05, 0.1) is 15.5 Å². The molecule has 4 rings (SSSR count). The van der Waals surface area contributed by atoms with Crippen LogP contribution in [0.5, 0.6) is 23.3 Å². The smallest absolute Gasteiger partial charge is 0.420 e. The first-order valence-electron chi connectivity index (χ1n) is 13.8. The highest BCUT2D eigenvalue weighted by Gasteiger charge is 2.37. The molecule has 0 spiro atoms. The number of aromatic amines is 1.